The summed E-state index contributed by atoms with van der Waals surface area (Å²) in [7, 11) is 0. The van der Waals surface area contributed by atoms with Crippen molar-refractivity contribution < 1.29 is 14.3 Å². The van der Waals surface area contributed by atoms with E-state index in [1.807, 2.05) is 50.2 Å². The number of carboxylic acids is 1. The number of furan rings is 1. The van der Waals surface area contributed by atoms with Crippen LogP contribution in [0.25, 0.3) is 21.9 Å². The minimum absolute atomic E-state index is 0.0230. The van der Waals surface area contributed by atoms with E-state index in [4.69, 9.17) is 14.8 Å². The van der Waals surface area contributed by atoms with Crippen LogP contribution in [-0.2, 0) is 6.42 Å². The predicted molar refractivity (Wildman–Crippen MR) is 139 cm³/mol. The molecule has 4 aromatic rings. The van der Waals surface area contributed by atoms with E-state index in [1.54, 1.807) is 6.07 Å². The van der Waals surface area contributed by atoms with Gasteiger partial charge in [-0.25, -0.2) is 4.79 Å². The third-order valence-electron chi connectivity index (χ3n) is 6.52. The smallest absolute Gasteiger partial charge is 0.371 e. The van der Waals surface area contributed by atoms with E-state index in [9.17, 15) is 4.79 Å². The van der Waals surface area contributed by atoms with Gasteiger partial charge in [-0.05, 0) is 73.8 Å². The van der Waals surface area contributed by atoms with Crippen molar-refractivity contribution in [3.63, 3.8) is 0 Å². The molecule has 2 N–H and O–H groups in total. The van der Waals surface area contributed by atoms with E-state index < -0.39 is 5.97 Å². The molecule has 1 aliphatic rings. The van der Waals surface area contributed by atoms with Crippen LogP contribution in [0.2, 0.25) is 0 Å². The van der Waals surface area contributed by atoms with Crippen LogP contribution in [0.1, 0.15) is 48.4 Å². The van der Waals surface area contributed by atoms with Gasteiger partial charge in [0, 0.05) is 54.4 Å². The Morgan fingerprint density at radius 1 is 1.09 bits per heavy atom. The molecular weight excluding hydrogens is 440 g/mol. The second-order valence-corrected chi connectivity index (χ2v) is 8.61. The molecule has 2 aromatic heterocycles. The molecule has 1 aliphatic heterocycles. The fourth-order valence-corrected chi connectivity index (χ4v) is 4.67. The number of aromatic nitrogens is 1. The summed E-state index contributed by atoms with van der Waals surface area (Å²) in [5, 5.41) is 20.3. The van der Waals surface area contributed by atoms with Gasteiger partial charge in [0.1, 0.15) is 5.58 Å². The molecule has 0 aliphatic carbocycles. The average Bonchev–Trinajstić information content (AvgIpc) is 3.51. The molecule has 0 saturated carbocycles. The fourth-order valence-electron chi connectivity index (χ4n) is 4.67. The molecular formula is C28H32N4O3. The Hall–Kier alpha value is -3.76. The number of piperazine rings is 1. The minimum Gasteiger partial charge on any atom is -0.475 e. The van der Waals surface area contributed by atoms with Crippen LogP contribution in [-0.4, -0.2) is 53.7 Å². The summed E-state index contributed by atoms with van der Waals surface area (Å²) in [5.74, 6) is -1.07. The first kappa shape index (κ1) is 24.4. The molecule has 0 bridgehead atoms. The summed E-state index contributed by atoms with van der Waals surface area (Å²) in [4.78, 5) is 19.3. The van der Waals surface area contributed by atoms with Crippen LogP contribution in [0.4, 0.5) is 5.69 Å². The van der Waals surface area contributed by atoms with Crippen molar-refractivity contribution in [3.8, 4) is 6.07 Å². The van der Waals surface area contributed by atoms with Crippen molar-refractivity contribution >= 4 is 33.5 Å². The molecule has 7 heteroatoms. The number of aryl methyl sites for hydroxylation is 1. The van der Waals surface area contributed by atoms with Gasteiger partial charge in [-0.15, -0.1) is 0 Å². The summed E-state index contributed by atoms with van der Waals surface area (Å²) in [5.41, 5.74) is 4.79. The normalized spacial score (nSPS) is 14.0. The average molecular weight is 473 g/mol. The van der Waals surface area contributed by atoms with Gasteiger partial charge in [0.05, 0.1) is 11.6 Å². The molecule has 7 nitrogen and oxygen atoms in total. The molecule has 3 heterocycles. The maximum atomic E-state index is 11.1. The van der Waals surface area contributed by atoms with Gasteiger partial charge in [-0.1, -0.05) is 13.8 Å². The predicted octanol–water partition coefficient (Wildman–Crippen LogP) is 5.66. The first-order valence-corrected chi connectivity index (χ1v) is 12.3. The summed E-state index contributed by atoms with van der Waals surface area (Å²) in [6, 6.07) is 15.5. The van der Waals surface area contributed by atoms with Gasteiger partial charge >= 0.3 is 5.97 Å². The lowest BCUT2D eigenvalue weighted by Gasteiger charge is -2.36. The second-order valence-electron chi connectivity index (χ2n) is 8.61. The largest absolute Gasteiger partial charge is 0.475 e. The molecule has 35 heavy (non-hydrogen) atoms. The van der Waals surface area contributed by atoms with E-state index in [1.165, 1.54) is 5.56 Å². The van der Waals surface area contributed by atoms with Crippen LogP contribution in [0.15, 0.2) is 53.1 Å². The Morgan fingerprint density at radius 3 is 2.63 bits per heavy atom. The van der Waals surface area contributed by atoms with Crippen molar-refractivity contribution in [3.05, 3.63) is 65.5 Å². The van der Waals surface area contributed by atoms with Crippen LogP contribution >= 0.6 is 0 Å². The number of carboxylic acid groups (broad SMARTS) is 1. The van der Waals surface area contributed by atoms with Gasteiger partial charge < -0.3 is 19.4 Å². The first-order valence-electron chi connectivity index (χ1n) is 12.3. The standard InChI is InChI=1S/C26H26N4O3.C2H6/c27-16-18-4-6-23-22(13-18)19(17-28-23)3-1-2-8-29-9-11-30(12-10-29)21-5-7-24-20(14-21)15-25(33-24)26(31)32;1-2/h4-7,13-15,17,28H,1-3,8-12H2,(H,31,32);1-2H3. The SMILES string of the molecule is CC.N#Cc1ccc2[nH]cc(CCCCN3CCN(c4ccc5oc(C(=O)O)cc5c4)CC3)c2c1. The van der Waals surface area contributed by atoms with Crippen molar-refractivity contribution in [1.82, 2.24) is 9.88 Å². The topological polar surface area (TPSA) is 96.5 Å². The number of H-pyrrole nitrogens is 1. The number of benzene rings is 2. The molecule has 0 spiro atoms. The zero-order chi connectivity index (χ0) is 24.8. The van der Waals surface area contributed by atoms with Gasteiger partial charge in [0.2, 0.25) is 5.76 Å². The lowest BCUT2D eigenvalue weighted by atomic mass is 10.1. The Kier molecular flexibility index (Phi) is 7.74. The fraction of sp³-hybridized carbons (Fsp3) is 0.357. The Labute approximate surface area is 205 Å². The minimum atomic E-state index is -1.04. The first-order chi connectivity index (χ1) is 17.1. The van der Waals surface area contributed by atoms with Gasteiger partial charge in [-0.2, -0.15) is 5.26 Å². The summed E-state index contributed by atoms with van der Waals surface area (Å²) < 4.78 is 5.36. The number of aromatic carboxylic acids is 1. The number of fused-ring (bicyclic) bond motifs is 2. The van der Waals surface area contributed by atoms with Crippen molar-refractivity contribution in [2.75, 3.05) is 37.6 Å². The molecule has 0 radical (unpaired) electrons. The van der Waals surface area contributed by atoms with E-state index in [2.05, 4.69) is 27.0 Å². The summed E-state index contributed by atoms with van der Waals surface area (Å²) in [6.45, 7) is 9.02. The molecule has 5 rings (SSSR count). The zero-order valence-electron chi connectivity index (χ0n) is 20.4. The number of hydrogen-bond donors (Lipinski definition) is 2. The lowest BCUT2D eigenvalue weighted by Crippen LogP contribution is -2.46. The Bertz CT molecular complexity index is 1340. The van der Waals surface area contributed by atoms with E-state index >= 15 is 0 Å². The number of nitriles is 1. The molecule has 0 amide bonds. The Morgan fingerprint density at radius 2 is 1.89 bits per heavy atom. The van der Waals surface area contributed by atoms with Crippen LogP contribution in [0.3, 0.4) is 0 Å². The molecule has 0 atom stereocenters. The zero-order valence-corrected chi connectivity index (χ0v) is 20.4. The highest BCUT2D eigenvalue weighted by Gasteiger charge is 2.18. The number of anilines is 1. The monoisotopic (exact) mass is 472 g/mol. The number of nitrogens with one attached hydrogen (secondary N) is 1. The second kappa shape index (κ2) is 11.1. The van der Waals surface area contributed by atoms with Crippen LogP contribution in [0.5, 0.6) is 0 Å². The van der Waals surface area contributed by atoms with E-state index in [0.29, 0.717) is 11.1 Å². The number of hydrogen-bond acceptors (Lipinski definition) is 5. The number of nitrogens with zero attached hydrogens (tertiary/aromatic N) is 3. The third kappa shape index (κ3) is 5.50. The molecule has 2 aromatic carbocycles. The maximum absolute atomic E-state index is 11.1. The Balaban J connectivity index is 0.00000141. The highest BCUT2D eigenvalue weighted by molar-refractivity contribution is 5.92. The van der Waals surface area contributed by atoms with Gasteiger partial charge in [-0.3, -0.25) is 4.90 Å². The van der Waals surface area contributed by atoms with E-state index in [-0.39, 0.29) is 5.76 Å². The molecule has 1 fully saturated rings. The number of unbranched alkanes of at least 4 members (excludes halogenated alkanes) is 1. The highest BCUT2D eigenvalue weighted by Crippen LogP contribution is 2.26. The number of rotatable bonds is 7. The summed E-state index contributed by atoms with van der Waals surface area (Å²) >= 11 is 0. The number of aromatic amines is 1. The maximum Gasteiger partial charge on any atom is 0.371 e. The van der Waals surface area contributed by atoms with Crippen molar-refractivity contribution in [1.29, 1.82) is 5.26 Å². The van der Waals surface area contributed by atoms with Gasteiger partial charge in [0.15, 0.2) is 0 Å². The van der Waals surface area contributed by atoms with Crippen LogP contribution in [0, 0.1) is 11.3 Å². The third-order valence-corrected chi connectivity index (χ3v) is 6.52. The summed E-state index contributed by atoms with van der Waals surface area (Å²) in [6.07, 6.45) is 5.34. The lowest BCUT2D eigenvalue weighted by molar-refractivity contribution is 0.0665. The number of carbonyl (C=O) groups is 1. The highest BCUT2D eigenvalue weighted by atomic mass is 16.4. The van der Waals surface area contributed by atoms with Crippen LogP contribution < -0.4 is 4.90 Å². The van der Waals surface area contributed by atoms with Gasteiger partial charge in [0.25, 0.3) is 0 Å². The molecule has 1 saturated heterocycles. The van der Waals surface area contributed by atoms with Crippen molar-refractivity contribution in [2.45, 2.75) is 33.1 Å². The molecule has 0 unspecified atom stereocenters. The molecule has 182 valence electrons. The van der Waals surface area contributed by atoms with E-state index in [0.717, 1.165) is 74.0 Å². The quantitative estimate of drug-likeness (QED) is 0.337. The van der Waals surface area contributed by atoms with Crippen molar-refractivity contribution in [2.24, 2.45) is 0 Å².